The third-order valence-corrected chi connectivity index (χ3v) is 5.67. The van der Waals surface area contributed by atoms with Gasteiger partial charge in [-0.15, -0.1) is 0 Å². The van der Waals surface area contributed by atoms with Gasteiger partial charge in [0.25, 0.3) is 0 Å². The SMILES string of the molecule is COCCN1CCCN(S(=O)(=O)c2ccccc2N)CC1. The largest absolute Gasteiger partial charge is 0.398 e. The van der Waals surface area contributed by atoms with E-state index in [0.717, 1.165) is 26.1 Å². The lowest BCUT2D eigenvalue weighted by Crippen LogP contribution is -2.36. The number of nitrogen functional groups attached to an aromatic ring is 1. The van der Waals surface area contributed by atoms with Gasteiger partial charge in [-0.05, 0) is 25.1 Å². The van der Waals surface area contributed by atoms with Crippen molar-refractivity contribution in [2.75, 3.05) is 52.2 Å². The predicted molar refractivity (Wildman–Crippen MR) is 82.5 cm³/mol. The maximum atomic E-state index is 12.7. The maximum Gasteiger partial charge on any atom is 0.245 e. The molecule has 1 fully saturated rings. The summed E-state index contributed by atoms with van der Waals surface area (Å²) in [5.74, 6) is 0. The Hall–Kier alpha value is -1.15. The molecule has 1 heterocycles. The number of nitrogens with zero attached hydrogens (tertiary/aromatic N) is 2. The van der Waals surface area contributed by atoms with E-state index in [9.17, 15) is 8.42 Å². The quantitative estimate of drug-likeness (QED) is 0.806. The highest BCUT2D eigenvalue weighted by Gasteiger charge is 2.28. The molecule has 0 saturated carbocycles. The van der Waals surface area contributed by atoms with Crippen molar-refractivity contribution >= 4 is 15.7 Å². The first kappa shape index (κ1) is 16.2. The summed E-state index contributed by atoms with van der Waals surface area (Å²) in [6.07, 6.45) is 0.815. The fourth-order valence-corrected chi connectivity index (χ4v) is 4.07. The van der Waals surface area contributed by atoms with Crippen LogP contribution in [0, 0.1) is 0 Å². The van der Waals surface area contributed by atoms with Crippen molar-refractivity contribution in [3.8, 4) is 0 Å². The van der Waals surface area contributed by atoms with E-state index in [-0.39, 0.29) is 4.90 Å². The number of para-hydroxylation sites is 1. The molecular weight excluding hydrogens is 290 g/mol. The molecule has 0 aliphatic carbocycles. The van der Waals surface area contributed by atoms with Gasteiger partial charge in [0.05, 0.1) is 12.3 Å². The molecule has 0 atom stereocenters. The van der Waals surface area contributed by atoms with Gasteiger partial charge in [-0.1, -0.05) is 12.1 Å². The molecule has 1 aliphatic rings. The van der Waals surface area contributed by atoms with Gasteiger partial charge in [0, 0.05) is 33.3 Å². The molecule has 1 aromatic carbocycles. The second kappa shape index (κ2) is 7.22. The summed E-state index contributed by atoms with van der Waals surface area (Å²) in [5.41, 5.74) is 6.12. The lowest BCUT2D eigenvalue weighted by molar-refractivity contribution is 0.151. The minimum Gasteiger partial charge on any atom is -0.398 e. The first-order valence-electron chi connectivity index (χ1n) is 7.11. The highest BCUT2D eigenvalue weighted by Crippen LogP contribution is 2.22. The van der Waals surface area contributed by atoms with Crippen LogP contribution in [0.1, 0.15) is 6.42 Å². The van der Waals surface area contributed by atoms with Gasteiger partial charge < -0.3 is 10.5 Å². The molecule has 21 heavy (non-hydrogen) atoms. The topological polar surface area (TPSA) is 75.9 Å². The molecule has 0 amide bonds. The van der Waals surface area contributed by atoms with Crippen LogP contribution in [-0.2, 0) is 14.8 Å². The molecule has 2 N–H and O–H groups in total. The van der Waals surface area contributed by atoms with Crippen molar-refractivity contribution < 1.29 is 13.2 Å². The number of methoxy groups -OCH3 is 1. The van der Waals surface area contributed by atoms with E-state index in [1.807, 2.05) is 0 Å². The van der Waals surface area contributed by atoms with E-state index in [0.29, 0.717) is 25.4 Å². The number of hydrogen-bond donors (Lipinski definition) is 1. The average molecular weight is 313 g/mol. The highest BCUT2D eigenvalue weighted by molar-refractivity contribution is 7.89. The molecule has 1 saturated heterocycles. The van der Waals surface area contributed by atoms with Gasteiger partial charge >= 0.3 is 0 Å². The summed E-state index contributed by atoms with van der Waals surface area (Å²) < 4.78 is 32.0. The summed E-state index contributed by atoms with van der Waals surface area (Å²) in [5, 5.41) is 0. The van der Waals surface area contributed by atoms with Crippen LogP contribution in [0.4, 0.5) is 5.69 Å². The Bertz CT molecular complexity index is 562. The molecule has 0 spiro atoms. The van der Waals surface area contributed by atoms with Crippen molar-refractivity contribution in [1.29, 1.82) is 0 Å². The zero-order valence-electron chi connectivity index (χ0n) is 12.4. The molecule has 2 rings (SSSR count). The molecule has 0 bridgehead atoms. The van der Waals surface area contributed by atoms with Crippen LogP contribution < -0.4 is 5.73 Å². The molecule has 6 nitrogen and oxygen atoms in total. The Kier molecular flexibility index (Phi) is 5.58. The normalized spacial score (nSPS) is 18.5. The van der Waals surface area contributed by atoms with Crippen molar-refractivity contribution in [1.82, 2.24) is 9.21 Å². The lowest BCUT2D eigenvalue weighted by atomic mass is 10.3. The summed E-state index contributed by atoms with van der Waals surface area (Å²) in [6, 6.07) is 6.63. The monoisotopic (exact) mass is 313 g/mol. The van der Waals surface area contributed by atoms with E-state index < -0.39 is 10.0 Å². The molecule has 0 unspecified atom stereocenters. The number of nitrogens with two attached hydrogens (primary N) is 1. The van der Waals surface area contributed by atoms with E-state index in [4.69, 9.17) is 10.5 Å². The van der Waals surface area contributed by atoms with Crippen LogP contribution in [-0.4, -0.2) is 64.1 Å². The summed E-state index contributed by atoms with van der Waals surface area (Å²) in [4.78, 5) is 2.43. The van der Waals surface area contributed by atoms with Gasteiger partial charge in [-0.25, -0.2) is 8.42 Å². The van der Waals surface area contributed by atoms with Gasteiger partial charge in [-0.3, -0.25) is 4.90 Å². The van der Waals surface area contributed by atoms with E-state index in [1.165, 1.54) is 4.31 Å². The Morgan fingerprint density at radius 2 is 1.95 bits per heavy atom. The summed E-state index contributed by atoms with van der Waals surface area (Å²) in [7, 11) is -1.84. The average Bonchev–Trinajstić information content (AvgIpc) is 2.71. The number of rotatable bonds is 5. The van der Waals surface area contributed by atoms with E-state index in [2.05, 4.69) is 4.90 Å². The van der Waals surface area contributed by atoms with E-state index in [1.54, 1.807) is 31.4 Å². The highest BCUT2D eigenvalue weighted by atomic mass is 32.2. The Balaban J connectivity index is 2.09. The zero-order chi connectivity index (χ0) is 15.3. The van der Waals surface area contributed by atoms with Crippen LogP contribution in [0.3, 0.4) is 0 Å². The van der Waals surface area contributed by atoms with Crippen molar-refractivity contribution in [2.24, 2.45) is 0 Å². The Labute approximate surface area is 126 Å². The predicted octanol–water partition coefficient (Wildman–Crippen LogP) is 0.612. The Morgan fingerprint density at radius 1 is 1.19 bits per heavy atom. The molecule has 0 radical (unpaired) electrons. The third-order valence-electron chi connectivity index (χ3n) is 3.70. The second-order valence-electron chi connectivity index (χ2n) is 5.13. The second-order valence-corrected chi connectivity index (χ2v) is 7.04. The number of anilines is 1. The Morgan fingerprint density at radius 3 is 2.67 bits per heavy atom. The fourth-order valence-electron chi connectivity index (χ4n) is 2.49. The first-order chi connectivity index (χ1) is 10.1. The molecule has 7 heteroatoms. The summed E-state index contributed by atoms with van der Waals surface area (Å²) >= 11 is 0. The number of ether oxygens (including phenoxy) is 1. The standard InChI is InChI=1S/C14H23N3O3S/c1-20-12-11-16-7-4-8-17(10-9-16)21(18,19)14-6-3-2-5-13(14)15/h2-3,5-6H,4,7-12,15H2,1H3. The lowest BCUT2D eigenvalue weighted by Gasteiger charge is -2.22. The van der Waals surface area contributed by atoms with Gasteiger partial charge in [0.1, 0.15) is 4.90 Å². The zero-order valence-corrected chi connectivity index (χ0v) is 13.2. The van der Waals surface area contributed by atoms with Crippen LogP contribution in [0.25, 0.3) is 0 Å². The van der Waals surface area contributed by atoms with E-state index >= 15 is 0 Å². The first-order valence-corrected chi connectivity index (χ1v) is 8.55. The fraction of sp³-hybridized carbons (Fsp3) is 0.571. The van der Waals surface area contributed by atoms with Crippen LogP contribution >= 0.6 is 0 Å². The van der Waals surface area contributed by atoms with Crippen LogP contribution in [0.2, 0.25) is 0 Å². The molecule has 1 aliphatic heterocycles. The number of sulfonamides is 1. The maximum absolute atomic E-state index is 12.7. The smallest absolute Gasteiger partial charge is 0.245 e. The van der Waals surface area contributed by atoms with Gasteiger partial charge in [0.15, 0.2) is 0 Å². The third kappa shape index (κ3) is 3.94. The molecule has 1 aromatic rings. The molecule has 0 aromatic heterocycles. The van der Waals surface area contributed by atoms with Gasteiger partial charge in [0.2, 0.25) is 10.0 Å². The minimum atomic E-state index is -3.51. The van der Waals surface area contributed by atoms with Crippen molar-refractivity contribution in [2.45, 2.75) is 11.3 Å². The minimum absolute atomic E-state index is 0.204. The number of benzene rings is 1. The molecular formula is C14H23N3O3S. The van der Waals surface area contributed by atoms with Crippen LogP contribution in [0.15, 0.2) is 29.2 Å². The van der Waals surface area contributed by atoms with Crippen molar-refractivity contribution in [3.63, 3.8) is 0 Å². The molecule has 118 valence electrons. The van der Waals surface area contributed by atoms with Gasteiger partial charge in [-0.2, -0.15) is 4.31 Å². The summed E-state index contributed by atoms with van der Waals surface area (Å²) in [6.45, 7) is 4.12. The van der Waals surface area contributed by atoms with Crippen molar-refractivity contribution in [3.05, 3.63) is 24.3 Å². The number of hydrogen-bond acceptors (Lipinski definition) is 5. The van der Waals surface area contributed by atoms with Crippen LogP contribution in [0.5, 0.6) is 0 Å².